The third kappa shape index (κ3) is 2.59. The van der Waals surface area contributed by atoms with E-state index in [0.717, 1.165) is 39.1 Å². The highest BCUT2D eigenvalue weighted by Gasteiger charge is 2.43. The van der Waals surface area contributed by atoms with Gasteiger partial charge in [0.15, 0.2) is 0 Å². The maximum Gasteiger partial charge on any atom is 0.0940 e. The van der Waals surface area contributed by atoms with Crippen molar-refractivity contribution in [1.29, 1.82) is 0 Å². The Morgan fingerprint density at radius 1 is 1.47 bits per heavy atom. The Bertz CT molecular complexity index is 426. The molecule has 3 nitrogen and oxygen atoms in total. The van der Waals surface area contributed by atoms with Crippen molar-refractivity contribution >= 4 is 11.3 Å². The maximum absolute atomic E-state index is 6.05. The molecular weight excluding hydrogens is 258 g/mol. The molecule has 0 bridgehead atoms. The highest BCUT2D eigenvalue weighted by Crippen LogP contribution is 2.42. The highest BCUT2D eigenvalue weighted by molar-refractivity contribution is 7.10. The molecule has 2 aliphatic rings. The number of hydrogen-bond acceptors (Lipinski definition) is 4. The number of nitrogens with one attached hydrogen (secondary N) is 1. The van der Waals surface area contributed by atoms with E-state index in [1.807, 2.05) is 11.3 Å². The first kappa shape index (κ1) is 13.6. The van der Waals surface area contributed by atoms with Crippen molar-refractivity contribution in [3.8, 4) is 0 Å². The maximum atomic E-state index is 6.05. The van der Waals surface area contributed by atoms with E-state index in [1.165, 1.54) is 10.4 Å². The summed E-state index contributed by atoms with van der Waals surface area (Å²) < 4.78 is 11.6. The van der Waals surface area contributed by atoms with E-state index >= 15 is 0 Å². The van der Waals surface area contributed by atoms with Crippen molar-refractivity contribution in [2.24, 2.45) is 5.92 Å². The zero-order chi connectivity index (χ0) is 13.3. The van der Waals surface area contributed by atoms with Gasteiger partial charge in [-0.2, -0.15) is 0 Å². The standard InChI is InChI=1S/C15H23NO2S/c1-11-4-8-19-14(11)13(16-2)12-3-6-18-15(9-12)5-7-17-10-15/h4,8,12-13,16H,3,5-7,9-10H2,1-2H3. The fraction of sp³-hybridized carbons (Fsp3) is 0.733. The lowest BCUT2D eigenvalue weighted by Crippen LogP contribution is -2.43. The van der Waals surface area contributed by atoms with Crippen molar-refractivity contribution < 1.29 is 9.47 Å². The smallest absolute Gasteiger partial charge is 0.0940 e. The Hall–Kier alpha value is -0.420. The average molecular weight is 281 g/mol. The zero-order valence-electron chi connectivity index (χ0n) is 11.8. The second kappa shape index (κ2) is 5.52. The van der Waals surface area contributed by atoms with Gasteiger partial charge >= 0.3 is 0 Å². The Balaban J connectivity index is 1.78. The number of hydrogen-bond donors (Lipinski definition) is 1. The minimum absolute atomic E-state index is 0.00316. The molecule has 4 heteroatoms. The van der Waals surface area contributed by atoms with Crippen molar-refractivity contribution in [1.82, 2.24) is 5.32 Å². The van der Waals surface area contributed by atoms with Crippen molar-refractivity contribution in [2.75, 3.05) is 26.9 Å². The predicted octanol–water partition coefficient (Wildman–Crippen LogP) is 2.90. The first-order valence-electron chi connectivity index (χ1n) is 7.17. The molecule has 19 heavy (non-hydrogen) atoms. The lowest BCUT2D eigenvalue weighted by Gasteiger charge is -2.40. The molecule has 106 valence electrons. The van der Waals surface area contributed by atoms with Crippen LogP contribution in [0.4, 0.5) is 0 Å². The van der Waals surface area contributed by atoms with E-state index < -0.39 is 0 Å². The van der Waals surface area contributed by atoms with Crippen molar-refractivity contribution in [3.05, 3.63) is 21.9 Å². The Morgan fingerprint density at radius 2 is 2.37 bits per heavy atom. The molecule has 0 aliphatic carbocycles. The van der Waals surface area contributed by atoms with E-state index in [4.69, 9.17) is 9.47 Å². The van der Waals surface area contributed by atoms with E-state index in [2.05, 4.69) is 30.7 Å². The number of aryl methyl sites for hydroxylation is 1. The van der Waals surface area contributed by atoms with Gasteiger partial charge in [-0.25, -0.2) is 0 Å². The second-order valence-electron chi connectivity index (χ2n) is 5.82. The summed E-state index contributed by atoms with van der Waals surface area (Å²) in [7, 11) is 2.08. The topological polar surface area (TPSA) is 30.5 Å². The fourth-order valence-electron chi connectivity index (χ4n) is 3.50. The molecular formula is C15H23NO2S. The Labute approximate surface area is 119 Å². The van der Waals surface area contributed by atoms with Gasteiger partial charge in [-0.15, -0.1) is 11.3 Å². The third-order valence-corrected chi connectivity index (χ3v) is 5.67. The molecule has 1 aromatic heterocycles. The molecule has 2 saturated heterocycles. The van der Waals surface area contributed by atoms with Crippen LogP contribution >= 0.6 is 11.3 Å². The van der Waals surface area contributed by atoms with Gasteiger partial charge in [-0.1, -0.05) is 0 Å². The quantitative estimate of drug-likeness (QED) is 0.924. The third-order valence-electron chi connectivity index (χ3n) is 4.56. The molecule has 3 heterocycles. The van der Waals surface area contributed by atoms with Crippen LogP contribution in [0.15, 0.2) is 11.4 Å². The zero-order valence-corrected chi connectivity index (χ0v) is 12.6. The molecule has 3 unspecified atom stereocenters. The summed E-state index contributed by atoms with van der Waals surface area (Å²) in [6.45, 7) is 4.72. The second-order valence-corrected chi connectivity index (χ2v) is 6.77. The van der Waals surface area contributed by atoms with E-state index in [9.17, 15) is 0 Å². The van der Waals surface area contributed by atoms with Gasteiger partial charge in [0.2, 0.25) is 0 Å². The lowest BCUT2D eigenvalue weighted by molar-refractivity contribution is -0.103. The van der Waals surface area contributed by atoms with E-state index in [-0.39, 0.29) is 5.60 Å². The van der Waals surface area contributed by atoms with Crippen LogP contribution in [-0.2, 0) is 9.47 Å². The van der Waals surface area contributed by atoms with E-state index in [0.29, 0.717) is 12.0 Å². The summed E-state index contributed by atoms with van der Waals surface area (Å²) in [6, 6.07) is 2.68. The van der Waals surface area contributed by atoms with Gasteiger partial charge in [0.25, 0.3) is 0 Å². The largest absolute Gasteiger partial charge is 0.378 e. The van der Waals surface area contributed by atoms with Crippen LogP contribution in [-0.4, -0.2) is 32.5 Å². The molecule has 0 radical (unpaired) electrons. The SMILES string of the molecule is CNC(c1sccc1C)C1CCOC2(CCOC2)C1. The van der Waals surface area contributed by atoms with Gasteiger partial charge in [0.05, 0.1) is 12.2 Å². The Morgan fingerprint density at radius 3 is 3.00 bits per heavy atom. The fourth-order valence-corrected chi connectivity index (χ4v) is 4.63. The van der Waals surface area contributed by atoms with Crippen LogP contribution in [0.2, 0.25) is 0 Å². The van der Waals surface area contributed by atoms with Crippen LogP contribution < -0.4 is 5.32 Å². The number of ether oxygens (including phenoxy) is 2. The van der Waals surface area contributed by atoms with E-state index in [1.54, 1.807) is 0 Å². The molecule has 0 amide bonds. The van der Waals surface area contributed by atoms with Crippen LogP contribution in [0.3, 0.4) is 0 Å². The minimum atomic E-state index is 0.00316. The van der Waals surface area contributed by atoms with Gasteiger partial charge in [0, 0.05) is 30.6 Å². The van der Waals surface area contributed by atoms with Gasteiger partial charge in [-0.05, 0) is 49.7 Å². The average Bonchev–Trinajstić information content (AvgIpc) is 3.02. The number of thiophene rings is 1. The first-order chi connectivity index (χ1) is 9.24. The van der Waals surface area contributed by atoms with Crippen LogP contribution in [0.5, 0.6) is 0 Å². The molecule has 2 fully saturated rings. The van der Waals surface area contributed by atoms with Crippen LogP contribution in [0.25, 0.3) is 0 Å². The summed E-state index contributed by atoms with van der Waals surface area (Å²) in [4.78, 5) is 1.49. The summed E-state index contributed by atoms with van der Waals surface area (Å²) in [5, 5.41) is 5.73. The normalized spacial score (nSPS) is 32.8. The molecule has 0 saturated carbocycles. The monoisotopic (exact) mass is 281 g/mol. The predicted molar refractivity (Wildman–Crippen MR) is 77.7 cm³/mol. The molecule has 3 rings (SSSR count). The molecule has 0 aromatic carbocycles. The summed E-state index contributed by atoms with van der Waals surface area (Å²) in [5.41, 5.74) is 1.41. The molecule has 1 aromatic rings. The van der Waals surface area contributed by atoms with Crippen molar-refractivity contribution in [2.45, 2.75) is 37.8 Å². The number of rotatable bonds is 3. The van der Waals surface area contributed by atoms with Crippen molar-refractivity contribution in [3.63, 3.8) is 0 Å². The summed E-state index contributed by atoms with van der Waals surface area (Å²) >= 11 is 1.87. The summed E-state index contributed by atoms with van der Waals surface area (Å²) in [6.07, 6.45) is 3.32. The molecule has 1 spiro atoms. The first-order valence-corrected chi connectivity index (χ1v) is 8.05. The molecule has 2 aliphatic heterocycles. The summed E-state index contributed by atoms with van der Waals surface area (Å²) in [5.74, 6) is 0.651. The highest BCUT2D eigenvalue weighted by atomic mass is 32.1. The van der Waals surface area contributed by atoms with Gasteiger partial charge in [-0.3, -0.25) is 0 Å². The lowest BCUT2D eigenvalue weighted by atomic mass is 9.80. The minimum Gasteiger partial charge on any atom is -0.378 e. The van der Waals surface area contributed by atoms with Crippen LogP contribution in [0, 0.1) is 12.8 Å². The molecule has 3 atom stereocenters. The van der Waals surface area contributed by atoms with Gasteiger partial charge < -0.3 is 14.8 Å². The van der Waals surface area contributed by atoms with Gasteiger partial charge in [0.1, 0.15) is 0 Å². The molecule has 1 N–H and O–H groups in total. The van der Waals surface area contributed by atoms with Crippen LogP contribution in [0.1, 0.15) is 35.7 Å². The Kier molecular flexibility index (Phi) is 3.94.